The van der Waals surface area contributed by atoms with E-state index in [-0.39, 0.29) is 11.8 Å². The van der Waals surface area contributed by atoms with E-state index in [9.17, 15) is 9.59 Å². The van der Waals surface area contributed by atoms with E-state index >= 15 is 0 Å². The summed E-state index contributed by atoms with van der Waals surface area (Å²) in [5, 5.41) is 8.97. The predicted molar refractivity (Wildman–Crippen MR) is 134 cm³/mol. The Labute approximate surface area is 199 Å². The predicted octanol–water partition coefficient (Wildman–Crippen LogP) is 3.59. The molecule has 0 atom stereocenters. The summed E-state index contributed by atoms with van der Waals surface area (Å²) in [6.45, 7) is 6.17. The highest BCUT2D eigenvalue weighted by atomic mass is 16.2. The number of aliphatic imine (C=N–C) groups is 1. The van der Waals surface area contributed by atoms with Crippen LogP contribution in [0.1, 0.15) is 37.4 Å². The van der Waals surface area contributed by atoms with Gasteiger partial charge in [-0.05, 0) is 55.3 Å². The Morgan fingerprint density at radius 3 is 2.38 bits per heavy atom. The molecule has 3 N–H and O–H groups in total. The summed E-state index contributed by atoms with van der Waals surface area (Å²) in [5.41, 5.74) is 4.27. The first-order valence-electron chi connectivity index (χ1n) is 11.1. The van der Waals surface area contributed by atoms with Crippen LogP contribution in [0.4, 0.5) is 11.5 Å². The number of anilines is 2. The second-order valence-electron chi connectivity index (χ2n) is 8.36. The van der Waals surface area contributed by atoms with Crippen molar-refractivity contribution in [1.82, 2.24) is 15.2 Å². The van der Waals surface area contributed by atoms with E-state index in [2.05, 4.69) is 30.8 Å². The van der Waals surface area contributed by atoms with Crippen molar-refractivity contribution in [2.24, 2.45) is 4.99 Å². The number of guanidine groups is 1. The highest BCUT2D eigenvalue weighted by molar-refractivity contribution is 6.12. The maximum absolute atomic E-state index is 12.9. The number of aromatic nitrogens is 1. The van der Waals surface area contributed by atoms with Gasteiger partial charge in [-0.2, -0.15) is 0 Å². The molecule has 1 aliphatic rings. The molecular formula is C26H28N6O2. The van der Waals surface area contributed by atoms with E-state index in [1.165, 1.54) is 0 Å². The standard InChI is InChI=1S/C26H28N6O2/c1-17-4-10-22(21(14-17)25(34)31-23-11-5-18(2)15-28-23)30-24(33)20-8-6-19(7-9-20)16-29-26-27-12-13-32(26)3/h4-11,14-15H,12-13,16H2,1-3H3,(H,27,29)(H,30,33)(H,28,31,34). The molecule has 1 aromatic heterocycles. The summed E-state index contributed by atoms with van der Waals surface area (Å²) in [6.07, 6.45) is 1.69. The van der Waals surface area contributed by atoms with Gasteiger partial charge in [0.05, 0.1) is 17.8 Å². The molecule has 2 aromatic carbocycles. The molecule has 2 amide bonds. The first kappa shape index (κ1) is 23.0. The molecule has 0 unspecified atom stereocenters. The number of carbonyl (C=O) groups is 2. The van der Waals surface area contributed by atoms with Gasteiger partial charge in [-0.1, -0.05) is 29.8 Å². The molecule has 0 aliphatic carbocycles. The van der Waals surface area contributed by atoms with Crippen molar-refractivity contribution in [3.63, 3.8) is 0 Å². The van der Waals surface area contributed by atoms with Gasteiger partial charge < -0.3 is 20.9 Å². The lowest BCUT2D eigenvalue weighted by molar-refractivity contribution is 0.102. The number of hydrogen-bond donors (Lipinski definition) is 3. The van der Waals surface area contributed by atoms with Gasteiger partial charge in [0.2, 0.25) is 0 Å². The molecule has 0 radical (unpaired) electrons. The average molecular weight is 457 g/mol. The molecule has 2 heterocycles. The Balaban J connectivity index is 1.43. The molecule has 34 heavy (non-hydrogen) atoms. The van der Waals surface area contributed by atoms with Crippen LogP contribution in [-0.2, 0) is 6.54 Å². The van der Waals surface area contributed by atoms with Gasteiger partial charge in [-0.15, -0.1) is 0 Å². The number of aryl methyl sites for hydroxylation is 2. The molecule has 0 spiro atoms. The van der Waals surface area contributed by atoms with Gasteiger partial charge in [-0.3, -0.25) is 14.6 Å². The molecule has 1 aliphatic heterocycles. The van der Waals surface area contributed by atoms with E-state index in [1.807, 2.05) is 45.2 Å². The minimum absolute atomic E-state index is 0.286. The number of benzene rings is 2. The molecule has 0 fully saturated rings. The largest absolute Gasteiger partial charge is 0.352 e. The SMILES string of the molecule is Cc1ccc(NC(=O)c2cc(C)ccc2NC(=O)c2ccc(CNC3=NCCN3C)cc2)nc1. The van der Waals surface area contributed by atoms with Crippen LogP contribution in [0.2, 0.25) is 0 Å². The normalized spacial score (nSPS) is 12.8. The Morgan fingerprint density at radius 1 is 0.941 bits per heavy atom. The van der Waals surface area contributed by atoms with Crippen molar-refractivity contribution < 1.29 is 9.59 Å². The molecule has 0 saturated carbocycles. The minimum Gasteiger partial charge on any atom is -0.352 e. The third-order valence-electron chi connectivity index (χ3n) is 5.55. The third kappa shape index (κ3) is 5.58. The number of rotatable bonds is 6. The van der Waals surface area contributed by atoms with Gasteiger partial charge in [0.15, 0.2) is 5.96 Å². The van der Waals surface area contributed by atoms with E-state index in [0.29, 0.717) is 29.2 Å². The zero-order valence-electron chi connectivity index (χ0n) is 19.6. The fourth-order valence-corrected chi connectivity index (χ4v) is 3.55. The van der Waals surface area contributed by atoms with E-state index in [0.717, 1.165) is 35.7 Å². The van der Waals surface area contributed by atoms with Crippen molar-refractivity contribution in [3.8, 4) is 0 Å². The van der Waals surface area contributed by atoms with Crippen molar-refractivity contribution in [3.05, 3.63) is 88.6 Å². The van der Waals surface area contributed by atoms with Gasteiger partial charge in [0.25, 0.3) is 11.8 Å². The van der Waals surface area contributed by atoms with Gasteiger partial charge in [0.1, 0.15) is 5.82 Å². The lowest BCUT2D eigenvalue weighted by Gasteiger charge is -2.15. The van der Waals surface area contributed by atoms with Crippen molar-refractivity contribution in [1.29, 1.82) is 0 Å². The molecule has 0 saturated heterocycles. The van der Waals surface area contributed by atoms with Crippen LogP contribution in [0.3, 0.4) is 0 Å². The number of hydrogen-bond acceptors (Lipinski definition) is 6. The number of carbonyl (C=O) groups excluding carboxylic acids is 2. The first-order chi connectivity index (χ1) is 16.4. The molecule has 8 heteroatoms. The number of nitrogens with zero attached hydrogens (tertiary/aromatic N) is 3. The highest BCUT2D eigenvalue weighted by Gasteiger charge is 2.16. The van der Waals surface area contributed by atoms with Gasteiger partial charge >= 0.3 is 0 Å². The molecule has 0 bridgehead atoms. The quantitative estimate of drug-likeness (QED) is 0.527. The van der Waals surface area contributed by atoms with Gasteiger partial charge in [-0.25, -0.2) is 4.98 Å². The van der Waals surface area contributed by atoms with Crippen LogP contribution >= 0.6 is 0 Å². The Morgan fingerprint density at radius 2 is 1.71 bits per heavy atom. The van der Waals surface area contributed by atoms with E-state index < -0.39 is 0 Å². The zero-order chi connectivity index (χ0) is 24.1. The third-order valence-corrected chi connectivity index (χ3v) is 5.55. The number of likely N-dealkylation sites (N-methyl/N-ethyl adjacent to an activating group) is 1. The van der Waals surface area contributed by atoms with Crippen LogP contribution in [0, 0.1) is 13.8 Å². The second kappa shape index (κ2) is 10.2. The smallest absolute Gasteiger partial charge is 0.258 e. The highest BCUT2D eigenvalue weighted by Crippen LogP contribution is 2.20. The molecule has 3 aromatic rings. The summed E-state index contributed by atoms with van der Waals surface area (Å²) < 4.78 is 0. The number of nitrogens with one attached hydrogen (secondary N) is 3. The van der Waals surface area contributed by atoms with Crippen molar-refractivity contribution >= 4 is 29.3 Å². The maximum atomic E-state index is 12.9. The second-order valence-corrected chi connectivity index (χ2v) is 8.36. The number of amides is 2. The van der Waals surface area contributed by atoms with E-state index in [1.54, 1.807) is 36.5 Å². The fourth-order valence-electron chi connectivity index (χ4n) is 3.55. The zero-order valence-corrected chi connectivity index (χ0v) is 19.6. The maximum Gasteiger partial charge on any atom is 0.258 e. The molecule has 8 nitrogen and oxygen atoms in total. The summed E-state index contributed by atoms with van der Waals surface area (Å²) in [5.74, 6) is 0.712. The molecule has 174 valence electrons. The Kier molecular flexibility index (Phi) is 6.87. The first-order valence-corrected chi connectivity index (χ1v) is 11.1. The molecular weight excluding hydrogens is 428 g/mol. The topological polar surface area (TPSA) is 98.7 Å². The summed E-state index contributed by atoms with van der Waals surface area (Å²) in [7, 11) is 2.00. The minimum atomic E-state index is -0.337. The molecule has 4 rings (SSSR count). The van der Waals surface area contributed by atoms with Crippen LogP contribution < -0.4 is 16.0 Å². The van der Waals surface area contributed by atoms with Crippen molar-refractivity contribution in [2.45, 2.75) is 20.4 Å². The van der Waals surface area contributed by atoms with Crippen LogP contribution in [0.15, 0.2) is 65.8 Å². The summed E-state index contributed by atoms with van der Waals surface area (Å²) in [6, 6.07) is 16.3. The monoisotopic (exact) mass is 456 g/mol. The lowest BCUT2D eigenvalue weighted by atomic mass is 10.1. The van der Waals surface area contributed by atoms with Gasteiger partial charge in [0, 0.05) is 31.9 Å². The Hall–Kier alpha value is -4.20. The van der Waals surface area contributed by atoms with Crippen LogP contribution in [-0.4, -0.2) is 47.8 Å². The van der Waals surface area contributed by atoms with Crippen LogP contribution in [0.25, 0.3) is 0 Å². The summed E-state index contributed by atoms with van der Waals surface area (Å²) in [4.78, 5) is 36.5. The summed E-state index contributed by atoms with van der Waals surface area (Å²) >= 11 is 0. The lowest BCUT2D eigenvalue weighted by Crippen LogP contribution is -2.35. The Bertz CT molecular complexity index is 1220. The van der Waals surface area contributed by atoms with Crippen LogP contribution in [0.5, 0.6) is 0 Å². The number of pyridine rings is 1. The van der Waals surface area contributed by atoms with Crippen molar-refractivity contribution in [2.75, 3.05) is 30.8 Å². The average Bonchev–Trinajstić information content (AvgIpc) is 3.25. The fraction of sp³-hybridized carbons (Fsp3) is 0.231. The van der Waals surface area contributed by atoms with E-state index in [4.69, 9.17) is 0 Å².